The van der Waals surface area contributed by atoms with E-state index < -0.39 is 0 Å². The summed E-state index contributed by atoms with van der Waals surface area (Å²) >= 11 is 0. The van der Waals surface area contributed by atoms with E-state index in [1.165, 1.54) is 18.4 Å². The van der Waals surface area contributed by atoms with Gasteiger partial charge < -0.3 is 24.8 Å². The largest absolute Gasteiger partial charge is 0.493 e. The molecule has 2 fully saturated rings. The third-order valence-corrected chi connectivity index (χ3v) is 6.42. The van der Waals surface area contributed by atoms with Gasteiger partial charge in [0.1, 0.15) is 0 Å². The number of aliphatic imine (C=N–C) groups is 1. The van der Waals surface area contributed by atoms with E-state index in [-0.39, 0.29) is 6.04 Å². The Kier molecular flexibility index (Phi) is 9.44. The fraction of sp³-hybridized carbons (Fsp3) is 0.708. The van der Waals surface area contributed by atoms with Crippen molar-refractivity contribution in [3.8, 4) is 11.5 Å². The maximum absolute atomic E-state index is 5.60. The normalized spacial score (nSPS) is 19.5. The van der Waals surface area contributed by atoms with Crippen LogP contribution in [-0.2, 0) is 4.74 Å². The molecule has 8 heteroatoms. The van der Waals surface area contributed by atoms with Gasteiger partial charge in [0.25, 0.3) is 0 Å². The summed E-state index contributed by atoms with van der Waals surface area (Å²) in [6.45, 7) is 10.0. The number of morpholine rings is 1. The third kappa shape index (κ3) is 6.73. The summed E-state index contributed by atoms with van der Waals surface area (Å²) in [5, 5.41) is 6.99. The van der Waals surface area contributed by atoms with E-state index in [0.717, 1.165) is 69.4 Å². The van der Waals surface area contributed by atoms with Crippen molar-refractivity contribution in [2.75, 3.05) is 67.2 Å². The molecule has 1 aliphatic heterocycles. The summed E-state index contributed by atoms with van der Waals surface area (Å²) in [6, 6.07) is 7.53. The highest BCUT2D eigenvalue weighted by molar-refractivity contribution is 5.79. The SMILES string of the molecule is CCNC(=NCC(C)N(C)C1CC1)NCC(c1ccc(OC)c(OC)c1)N1CCOCC1. The van der Waals surface area contributed by atoms with Crippen LogP contribution in [0.15, 0.2) is 23.2 Å². The van der Waals surface area contributed by atoms with Gasteiger partial charge in [0.2, 0.25) is 0 Å². The Morgan fingerprint density at radius 2 is 1.91 bits per heavy atom. The standard InChI is InChI=1S/C24H41N5O3/c1-6-25-24(26-16-18(2)28(3)20-8-9-20)27-17-21(29-11-13-32-14-12-29)19-7-10-22(30-4)23(15-19)31-5/h7,10,15,18,20-21H,6,8-9,11-14,16-17H2,1-5H3,(H2,25,26,27). The molecule has 1 aliphatic carbocycles. The van der Waals surface area contributed by atoms with E-state index in [4.69, 9.17) is 19.2 Å². The molecule has 1 aromatic rings. The molecule has 2 atom stereocenters. The monoisotopic (exact) mass is 447 g/mol. The number of hydrogen-bond acceptors (Lipinski definition) is 6. The molecule has 1 saturated carbocycles. The molecule has 32 heavy (non-hydrogen) atoms. The first-order chi connectivity index (χ1) is 15.6. The van der Waals surface area contributed by atoms with E-state index in [9.17, 15) is 0 Å². The van der Waals surface area contributed by atoms with Crippen molar-refractivity contribution in [2.24, 2.45) is 4.99 Å². The summed E-state index contributed by atoms with van der Waals surface area (Å²) in [7, 11) is 5.56. The number of hydrogen-bond donors (Lipinski definition) is 2. The zero-order valence-electron chi connectivity index (χ0n) is 20.4. The summed E-state index contributed by atoms with van der Waals surface area (Å²) < 4.78 is 16.6. The zero-order chi connectivity index (χ0) is 22.9. The quantitative estimate of drug-likeness (QED) is 0.398. The molecule has 0 spiro atoms. The molecule has 0 bridgehead atoms. The predicted octanol–water partition coefficient (Wildman–Crippen LogP) is 2.11. The number of ether oxygens (including phenoxy) is 3. The van der Waals surface area contributed by atoms with E-state index >= 15 is 0 Å². The van der Waals surface area contributed by atoms with Crippen LogP contribution in [0, 0.1) is 0 Å². The highest BCUT2D eigenvalue weighted by atomic mass is 16.5. The molecule has 0 amide bonds. The molecule has 3 rings (SSSR count). The number of guanidine groups is 1. The van der Waals surface area contributed by atoms with Gasteiger partial charge in [0, 0.05) is 38.3 Å². The molecule has 8 nitrogen and oxygen atoms in total. The van der Waals surface area contributed by atoms with Crippen molar-refractivity contribution >= 4 is 5.96 Å². The lowest BCUT2D eigenvalue weighted by Crippen LogP contribution is -2.46. The van der Waals surface area contributed by atoms with Gasteiger partial charge in [-0.25, -0.2) is 0 Å². The maximum Gasteiger partial charge on any atom is 0.191 e. The minimum atomic E-state index is 0.175. The van der Waals surface area contributed by atoms with Gasteiger partial charge in [-0.1, -0.05) is 6.07 Å². The summed E-state index contributed by atoms with van der Waals surface area (Å²) in [5.74, 6) is 2.36. The maximum atomic E-state index is 5.60. The van der Waals surface area contributed by atoms with Crippen molar-refractivity contribution in [1.29, 1.82) is 0 Å². The van der Waals surface area contributed by atoms with Gasteiger partial charge in [-0.2, -0.15) is 0 Å². The second-order valence-corrected chi connectivity index (χ2v) is 8.62. The lowest BCUT2D eigenvalue weighted by molar-refractivity contribution is 0.0169. The van der Waals surface area contributed by atoms with Crippen LogP contribution < -0.4 is 20.1 Å². The average molecular weight is 448 g/mol. The van der Waals surface area contributed by atoms with Crippen molar-refractivity contribution in [3.63, 3.8) is 0 Å². The molecule has 180 valence electrons. The number of methoxy groups -OCH3 is 2. The number of benzene rings is 1. The molecule has 0 radical (unpaired) electrons. The molecule has 2 N–H and O–H groups in total. The minimum absolute atomic E-state index is 0.175. The van der Waals surface area contributed by atoms with Crippen molar-refractivity contribution < 1.29 is 14.2 Å². The molecule has 2 unspecified atom stereocenters. The van der Waals surface area contributed by atoms with Gasteiger partial charge in [-0.05, 0) is 51.4 Å². The van der Waals surface area contributed by atoms with Crippen LogP contribution in [0.3, 0.4) is 0 Å². The molecular weight excluding hydrogens is 406 g/mol. The Labute approximate surface area is 193 Å². The Balaban J connectivity index is 1.71. The lowest BCUT2D eigenvalue weighted by atomic mass is 10.0. The smallest absolute Gasteiger partial charge is 0.191 e. The van der Waals surface area contributed by atoms with Crippen LogP contribution in [0.25, 0.3) is 0 Å². The van der Waals surface area contributed by atoms with Crippen LogP contribution in [0.2, 0.25) is 0 Å². The fourth-order valence-electron chi connectivity index (χ4n) is 4.14. The first-order valence-corrected chi connectivity index (χ1v) is 11.8. The zero-order valence-corrected chi connectivity index (χ0v) is 20.4. The van der Waals surface area contributed by atoms with Gasteiger partial charge in [-0.15, -0.1) is 0 Å². The topological polar surface area (TPSA) is 70.6 Å². The highest BCUT2D eigenvalue weighted by Crippen LogP contribution is 2.32. The fourth-order valence-corrected chi connectivity index (χ4v) is 4.14. The Bertz CT molecular complexity index is 734. The van der Waals surface area contributed by atoms with Gasteiger partial charge >= 0.3 is 0 Å². The number of nitrogens with one attached hydrogen (secondary N) is 2. The predicted molar refractivity (Wildman–Crippen MR) is 129 cm³/mol. The summed E-state index contributed by atoms with van der Waals surface area (Å²) in [5.41, 5.74) is 1.19. The molecule has 1 heterocycles. The van der Waals surface area contributed by atoms with Gasteiger partial charge in [0.05, 0.1) is 40.0 Å². The first kappa shape index (κ1) is 24.6. The Morgan fingerprint density at radius 1 is 1.19 bits per heavy atom. The van der Waals surface area contributed by atoms with Gasteiger partial charge in [0.15, 0.2) is 17.5 Å². The first-order valence-electron chi connectivity index (χ1n) is 11.8. The van der Waals surface area contributed by atoms with Crippen molar-refractivity contribution in [1.82, 2.24) is 20.4 Å². The second kappa shape index (κ2) is 12.3. The molecule has 0 aromatic heterocycles. The van der Waals surface area contributed by atoms with Crippen LogP contribution in [0.1, 0.15) is 38.3 Å². The number of likely N-dealkylation sites (N-methyl/N-ethyl adjacent to an activating group) is 1. The summed E-state index contributed by atoms with van der Waals surface area (Å²) in [6.07, 6.45) is 2.63. The van der Waals surface area contributed by atoms with Gasteiger partial charge in [-0.3, -0.25) is 14.8 Å². The molecule has 1 saturated heterocycles. The highest BCUT2D eigenvalue weighted by Gasteiger charge is 2.29. The minimum Gasteiger partial charge on any atom is -0.493 e. The molecule has 1 aromatic carbocycles. The van der Waals surface area contributed by atoms with E-state index in [0.29, 0.717) is 6.04 Å². The van der Waals surface area contributed by atoms with Crippen LogP contribution in [0.5, 0.6) is 11.5 Å². The van der Waals surface area contributed by atoms with E-state index in [1.54, 1.807) is 14.2 Å². The molecular formula is C24H41N5O3. The van der Waals surface area contributed by atoms with Crippen molar-refractivity contribution in [2.45, 2.75) is 44.8 Å². The number of rotatable bonds is 11. The van der Waals surface area contributed by atoms with Crippen LogP contribution >= 0.6 is 0 Å². The third-order valence-electron chi connectivity index (χ3n) is 6.42. The van der Waals surface area contributed by atoms with E-state index in [1.807, 2.05) is 6.07 Å². The summed E-state index contributed by atoms with van der Waals surface area (Å²) in [4.78, 5) is 9.80. The average Bonchev–Trinajstić information content (AvgIpc) is 3.68. The van der Waals surface area contributed by atoms with Crippen molar-refractivity contribution in [3.05, 3.63) is 23.8 Å². The number of nitrogens with zero attached hydrogens (tertiary/aromatic N) is 3. The van der Waals surface area contributed by atoms with Crippen LogP contribution in [0.4, 0.5) is 0 Å². The Hall–Kier alpha value is -2.03. The van der Waals surface area contributed by atoms with E-state index in [2.05, 4.69) is 53.5 Å². The molecule has 2 aliphatic rings. The van der Waals surface area contributed by atoms with Crippen LogP contribution in [-0.4, -0.2) is 95.0 Å². The second-order valence-electron chi connectivity index (χ2n) is 8.62. The lowest BCUT2D eigenvalue weighted by Gasteiger charge is -2.35. The Morgan fingerprint density at radius 3 is 2.53 bits per heavy atom.